The standard InChI is InChI=1S/C12H20N2O3/c1-3-4-5-6-7-8-9-10-13-14-11(17-10)12(15)16-2/h3-9H2,1-2H3. The Morgan fingerprint density at radius 2 is 1.88 bits per heavy atom. The summed E-state index contributed by atoms with van der Waals surface area (Å²) in [5.74, 6) is -0.124. The highest BCUT2D eigenvalue weighted by molar-refractivity contribution is 5.83. The predicted molar refractivity (Wildman–Crippen MR) is 62.7 cm³/mol. The van der Waals surface area contributed by atoms with Crippen LogP contribution in [0.25, 0.3) is 0 Å². The first kappa shape index (κ1) is 13.7. The molecule has 96 valence electrons. The van der Waals surface area contributed by atoms with Crippen LogP contribution in [0.5, 0.6) is 0 Å². The Morgan fingerprint density at radius 1 is 1.18 bits per heavy atom. The summed E-state index contributed by atoms with van der Waals surface area (Å²) >= 11 is 0. The molecule has 0 atom stereocenters. The van der Waals surface area contributed by atoms with Gasteiger partial charge in [0.15, 0.2) is 0 Å². The van der Waals surface area contributed by atoms with Crippen LogP contribution in [0.15, 0.2) is 4.42 Å². The van der Waals surface area contributed by atoms with Crippen molar-refractivity contribution in [1.29, 1.82) is 0 Å². The topological polar surface area (TPSA) is 65.2 Å². The van der Waals surface area contributed by atoms with Gasteiger partial charge in [0.25, 0.3) is 0 Å². The van der Waals surface area contributed by atoms with E-state index in [1.54, 1.807) is 0 Å². The van der Waals surface area contributed by atoms with Gasteiger partial charge < -0.3 is 9.15 Å². The summed E-state index contributed by atoms with van der Waals surface area (Å²) in [4.78, 5) is 11.1. The molecule has 0 amide bonds. The second-order valence-corrected chi connectivity index (χ2v) is 4.01. The van der Waals surface area contributed by atoms with Gasteiger partial charge in [-0.2, -0.15) is 0 Å². The summed E-state index contributed by atoms with van der Waals surface area (Å²) in [5, 5.41) is 7.43. The third-order valence-corrected chi connectivity index (χ3v) is 2.57. The molecule has 0 spiro atoms. The van der Waals surface area contributed by atoms with Crippen LogP contribution in [0.1, 0.15) is 62.0 Å². The number of esters is 1. The van der Waals surface area contributed by atoms with E-state index in [-0.39, 0.29) is 5.89 Å². The molecular formula is C12H20N2O3. The zero-order valence-corrected chi connectivity index (χ0v) is 10.6. The molecule has 0 fully saturated rings. The molecule has 0 aromatic carbocycles. The molecule has 17 heavy (non-hydrogen) atoms. The molecule has 0 aliphatic heterocycles. The minimum absolute atomic E-state index is 0.0616. The number of hydrogen-bond acceptors (Lipinski definition) is 5. The van der Waals surface area contributed by atoms with Crippen LogP contribution in [0, 0.1) is 0 Å². The summed E-state index contributed by atoms with van der Waals surface area (Å²) in [7, 11) is 1.29. The largest absolute Gasteiger partial charge is 0.462 e. The molecule has 5 heteroatoms. The van der Waals surface area contributed by atoms with Crippen LogP contribution in [0.2, 0.25) is 0 Å². The van der Waals surface area contributed by atoms with E-state index < -0.39 is 5.97 Å². The fraction of sp³-hybridized carbons (Fsp3) is 0.750. The number of ether oxygens (including phenoxy) is 1. The van der Waals surface area contributed by atoms with E-state index >= 15 is 0 Å². The summed E-state index contributed by atoms with van der Waals surface area (Å²) in [6.45, 7) is 2.20. The number of carbonyl (C=O) groups excluding carboxylic acids is 1. The van der Waals surface area contributed by atoms with Gasteiger partial charge in [-0.05, 0) is 6.42 Å². The van der Waals surface area contributed by atoms with Crippen LogP contribution in [-0.4, -0.2) is 23.3 Å². The Morgan fingerprint density at radius 3 is 2.59 bits per heavy atom. The van der Waals surface area contributed by atoms with Crippen molar-refractivity contribution in [2.45, 2.75) is 51.9 Å². The molecule has 5 nitrogen and oxygen atoms in total. The molecule has 0 bridgehead atoms. The van der Waals surface area contributed by atoms with Crippen LogP contribution in [-0.2, 0) is 11.2 Å². The van der Waals surface area contributed by atoms with E-state index in [0.29, 0.717) is 5.89 Å². The number of methoxy groups -OCH3 is 1. The second kappa shape index (κ2) is 7.81. The lowest BCUT2D eigenvalue weighted by Crippen LogP contribution is -2.00. The van der Waals surface area contributed by atoms with Crippen molar-refractivity contribution in [3.05, 3.63) is 11.8 Å². The SMILES string of the molecule is CCCCCCCCc1nnc(C(=O)OC)o1. The Balaban J connectivity index is 2.19. The lowest BCUT2D eigenvalue weighted by Gasteiger charge is -1.97. The molecule has 0 saturated heterocycles. The Bertz CT molecular complexity index is 336. The number of nitrogens with zero attached hydrogens (tertiary/aromatic N) is 2. The number of rotatable bonds is 8. The minimum Gasteiger partial charge on any atom is -0.462 e. The molecule has 1 heterocycles. The van der Waals surface area contributed by atoms with Crippen molar-refractivity contribution in [2.24, 2.45) is 0 Å². The molecule has 0 radical (unpaired) electrons. The highest BCUT2D eigenvalue weighted by atomic mass is 16.5. The van der Waals surface area contributed by atoms with Crippen molar-refractivity contribution >= 4 is 5.97 Å². The van der Waals surface area contributed by atoms with Crippen LogP contribution in [0.4, 0.5) is 0 Å². The fourth-order valence-corrected chi connectivity index (χ4v) is 1.58. The summed E-state index contributed by atoms with van der Waals surface area (Å²) < 4.78 is 9.65. The summed E-state index contributed by atoms with van der Waals surface area (Å²) in [6, 6.07) is 0. The maximum atomic E-state index is 11.1. The second-order valence-electron chi connectivity index (χ2n) is 4.01. The van der Waals surface area contributed by atoms with E-state index in [1.165, 1.54) is 32.8 Å². The number of hydrogen-bond donors (Lipinski definition) is 0. The highest BCUT2D eigenvalue weighted by Gasteiger charge is 2.14. The lowest BCUT2D eigenvalue weighted by molar-refractivity contribution is 0.0554. The normalized spacial score (nSPS) is 10.5. The first-order valence-corrected chi connectivity index (χ1v) is 6.18. The average molecular weight is 240 g/mol. The molecule has 0 aliphatic rings. The highest BCUT2D eigenvalue weighted by Crippen LogP contribution is 2.09. The molecule has 0 unspecified atom stereocenters. The Hall–Kier alpha value is -1.39. The van der Waals surface area contributed by atoms with Crippen molar-refractivity contribution in [2.75, 3.05) is 7.11 Å². The molecular weight excluding hydrogens is 220 g/mol. The van der Waals surface area contributed by atoms with Crippen molar-refractivity contribution in [1.82, 2.24) is 10.2 Å². The summed E-state index contributed by atoms with van der Waals surface area (Å²) in [5.41, 5.74) is 0. The lowest BCUT2D eigenvalue weighted by atomic mass is 10.1. The molecule has 1 rings (SSSR count). The maximum Gasteiger partial charge on any atom is 0.396 e. The number of unbranched alkanes of at least 4 members (excludes halogenated alkanes) is 5. The maximum absolute atomic E-state index is 11.1. The van der Waals surface area contributed by atoms with E-state index in [0.717, 1.165) is 19.3 Å². The Kier molecular flexibility index (Phi) is 6.29. The molecule has 0 aliphatic carbocycles. The van der Waals surface area contributed by atoms with Crippen LogP contribution in [0.3, 0.4) is 0 Å². The monoisotopic (exact) mass is 240 g/mol. The van der Waals surface area contributed by atoms with E-state index in [2.05, 4.69) is 21.9 Å². The molecule has 0 N–H and O–H groups in total. The smallest absolute Gasteiger partial charge is 0.396 e. The first-order valence-electron chi connectivity index (χ1n) is 6.18. The zero-order chi connectivity index (χ0) is 12.5. The fourth-order valence-electron chi connectivity index (χ4n) is 1.58. The number of aryl methyl sites for hydroxylation is 1. The quantitative estimate of drug-likeness (QED) is 0.516. The number of aromatic nitrogens is 2. The van der Waals surface area contributed by atoms with Gasteiger partial charge in [-0.1, -0.05) is 39.0 Å². The van der Waals surface area contributed by atoms with Gasteiger partial charge in [-0.3, -0.25) is 0 Å². The van der Waals surface area contributed by atoms with Gasteiger partial charge >= 0.3 is 11.9 Å². The summed E-state index contributed by atoms with van der Waals surface area (Å²) in [6.07, 6.45) is 8.00. The zero-order valence-electron chi connectivity index (χ0n) is 10.6. The molecule has 1 aromatic rings. The van der Waals surface area contributed by atoms with Gasteiger partial charge in [0.2, 0.25) is 5.89 Å². The minimum atomic E-state index is -0.577. The van der Waals surface area contributed by atoms with Gasteiger partial charge in [-0.25, -0.2) is 4.79 Å². The van der Waals surface area contributed by atoms with Gasteiger partial charge in [0.1, 0.15) is 0 Å². The molecule has 1 aromatic heterocycles. The van der Waals surface area contributed by atoms with Gasteiger partial charge in [-0.15, -0.1) is 10.2 Å². The van der Waals surface area contributed by atoms with Gasteiger partial charge in [0, 0.05) is 6.42 Å². The Labute approximate surface area is 102 Å². The van der Waals surface area contributed by atoms with Crippen LogP contribution >= 0.6 is 0 Å². The van der Waals surface area contributed by atoms with Crippen LogP contribution < -0.4 is 0 Å². The third kappa shape index (κ3) is 4.97. The van der Waals surface area contributed by atoms with E-state index in [4.69, 9.17) is 4.42 Å². The van der Waals surface area contributed by atoms with Crippen molar-refractivity contribution < 1.29 is 13.9 Å². The third-order valence-electron chi connectivity index (χ3n) is 2.57. The van der Waals surface area contributed by atoms with Crippen molar-refractivity contribution in [3.8, 4) is 0 Å². The molecule has 0 saturated carbocycles. The average Bonchev–Trinajstić information content (AvgIpc) is 2.81. The van der Waals surface area contributed by atoms with Crippen molar-refractivity contribution in [3.63, 3.8) is 0 Å². The number of carbonyl (C=O) groups is 1. The van der Waals surface area contributed by atoms with E-state index in [9.17, 15) is 4.79 Å². The first-order chi connectivity index (χ1) is 8.27. The van der Waals surface area contributed by atoms with Gasteiger partial charge in [0.05, 0.1) is 7.11 Å². The van der Waals surface area contributed by atoms with E-state index in [1.807, 2.05) is 0 Å². The predicted octanol–water partition coefficient (Wildman–Crippen LogP) is 2.76.